The number of nitro groups is 1. The highest BCUT2D eigenvalue weighted by atomic mass is 32.1. The van der Waals surface area contributed by atoms with E-state index in [0.29, 0.717) is 5.01 Å². The molecule has 0 N–H and O–H groups in total. The zero-order chi connectivity index (χ0) is 13.8. The Bertz CT molecular complexity index is 604. The summed E-state index contributed by atoms with van der Waals surface area (Å²) in [6.45, 7) is 2.03. The average Bonchev–Trinajstić information content (AvgIpc) is 3.04. The van der Waals surface area contributed by atoms with Crippen molar-refractivity contribution >= 4 is 23.2 Å². The van der Waals surface area contributed by atoms with E-state index in [-0.39, 0.29) is 12.4 Å². The first-order valence-electron chi connectivity index (χ1n) is 5.45. The Hall–Kier alpha value is -2.22. The normalized spacial score (nSPS) is 10.4. The van der Waals surface area contributed by atoms with Gasteiger partial charge < -0.3 is 9.15 Å². The third-order valence-corrected chi connectivity index (χ3v) is 3.36. The molecular formula is C11H10N2O5S. The van der Waals surface area contributed by atoms with Gasteiger partial charge >= 0.3 is 11.9 Å². The number of carbonyl (C=O) groups excluding carboxylic acids is 1. The van der Waals surface area contributed by atoms with Crippen molar-refractivity contribution in [2.75, 3.05) is 0 Å². The molecule has 0 saturated heterocycles. The van der Waals surface area contributed by atoms with E-state index < -0.39 is 16.8 Å². The number of furan rings is 1. The second-order valence-electron chi connectivity index (χ2n) is 3.54. The van der Waals surface area contributed by atoms with Gasteiger partial charge in [0.2, 0.25) is 5.76 Å². The lowest BCUT2D eigenvalue weighted by Gasteiger charge is -1.98. The molecule has 2 aromatic rings. The molecule has 0 aliphatic heterocycles. The summed E-state index contributed by atoms with van der Waals surface area (Å²) < 4.78 is 9.69. The number of aromatic nitrogens is 1. The van der Waals surface area contributed by atoms with Gasteiger partial charge in [0, 0.05) is 11.1 Å². The van der Waals surface area contributed by atoms with Crippen molar-refractivity contribution in [2.45, 2.75) is 20.0 Å². The number of aryl methyl sites for hydroxylation is 1. The Morgan fingerprint density at radius 2 is 2.37 bits per heavy atom. The fourth-order valence-corrected chi connectivity index (χ4v) is 2.09. The summed E-state index contributed by atoms with van der Waals surface area (Å²) in [4.78, 5) is 26.4. The fourth-order valence-electron chi connectivity index (χ4n) is 1.31. The molecule has 0 aliphatic carbocycles. The standard InChI is InChI=1S/C11H10N2O5S/c1-2-7-5-12-9(19-7)6-17-11(14)8-3-4-10(18-8)13(15)16/h3-5H,2,6H2,1H3. The van der Waals surface area contributed by atoms with Crippen LogP contribution in [-0.2, 0) is 17.8 Å². The van der Waals surface area contributed by atoms with Gasteiger partial charge in [0.1, 0.15) is 16.5 Å². The topological polar surface area (TPSA) is 95.5 Å². The largest absolute Gasteiger partial charge is 0.452 e. The van der Waals surface area contributed by atoms with E-state index in [1.165, 1.54) is 17.4 Å². The van der Waals surface area contributed by atoms with E-state index in [4.69, 9.17) is 9.15 Å². The quantitative estimate of drug-likeness (QED) is 0.475. The summed E-state index contributed by atoms with van der Waals surface area (Å²) in [5.74, 6) is -1.44. The number of ether oxygens (including phenoxy) is 1. The predicted molar refractivity (Wildman–Crippen MR) is 66.0 cm³/mol. The Balaban J connectivity index is 1.95. The van der Waals surface area contributed by atoms with Crippen LogP contribution in [0.2, 0.25) is 0 Å². The van der Waals surface area contributed by atoms with Gasteiger partial charge in [-0.15, -0.1) is 11.3 Å². The second kappa shape index (κ2) is 5.61. The van der Waals surface area contributed by atoms with Gasteiger partial charge in [0.15, 0.2) is 0 Å². The van der Waals surface area contributed by atoms with Gasteiger partial charge in [-0.2, -0.15) is 0 Å². The van der Waals surface area contributed by atoms with Crippen LogP contribution in [0.4, 0.5) is 5.88 Å². The highest BCUT2D eigenvalue weighted by Gasteiger charge is 2.18. The lowest BCUT2D eigenvalue weighted by Crippen LogP contribution is -2.03. The summed E-state index contributed by atoms with van der Waals surface area (Å²) in [7, 11) is 0. The minimum atomic E-state index is -0.749. The lowest BCUT2D eigenvalue weighted by molar-refractivity contribution is -0.402. The summed E-state index contributed by atoms with van der Waals surface area (Å²) in [6, 6.07) is 2.31. The van der Waals surface area contributed by atoms with E-state index in [0.717, 1.165) is 17.4 Å². The van der Waals surface area contributed by atoms with Crippen LogP contribution in [0.5, 0.6) is 0 Å². The molecule has 19 heavy (non-hydrogen) atoms. The van der Waals surface area contributed by atoms with Crippen molar-refractivity contribution in [3.63, 3.8) is 0 Å². The molecule has 100 valence electrons. The number of thiazole rings is 1. The Kier molecular flexibility index (Phi) is 3.91. The van der Waals surface area contributed by atoms with E-state index in [9.17, 15) is 14.9 Å². The highest BCUT2D eigenvalue weighted by Crippen LogP contribution is 2.18. The van der Waals surface area contributed by atoms with Crippen LogP contribution < -0.4 is 0 Å². The van der Waals surface area contributed by atoms with Crippen molar-refractivity contribution in [1.29, 1.82) is 0 Å². The van der Waals surface area contributed by atoms with Crippen molar-refractivity contribution in [3.05, 3.63) is 44.1 Å². The number of esters is 1. The third kappa shape index (κ3) is 3.16. The second-order valence-corrected chi connectivity index (χ2v) is 4.74. The molecule has 0 unspecified atom stereocenters. The number of hydrogen-bond donors (Lipinski definition) is 0. The molecule has 0 saturated carbocycles. The van der Waals surface area contributed by atoms with E-state index in [1.54, 1.807) is 6.20 Å². The zero-order valence-electron chi connectivity index (χ0n) is 9.99. The molecule has 0 spiro atoms. The minimum absolute atomic E-state index is 0.0258. The molecule has 7 nitrogen and oxygen atoms in total. The summed E-state index contributed by atoms with van der Waals surface area (Å²) in [5.41, 5.74) is 0. The van der Waals surface area contributed by atoms with Gasteiger partial charge in [-0.25, -0.2) is 9.78 Å². The molecule has 8 heteroatoms. The van der Waals surface area contributed by atoms with Crippen LogP contribution in [0.15, 0.2) is 22.7 Å². The van der Waals surface area contributed by atoms with E-state index in [2.05, 4.69) is 4.98 Å². The van der Waals surface area contributed by atoms with Crippen molar-refractivity contribution < 1.29 is 18.9 Å². The van der Waals surface area contributed by atoms with E-state index in [1.807, 2.05) is 6.92 Å². The maximum Gasteiger partial charge on any atom is 0.433 e. The summed E-state index contributed by atoms with van der Waals surface area (Å²) >= 11 is 1.45. The summed E-state index contributed by atoms with van der Waals surface area (Å²) in [6.07, 6.45) is 2.60. The van der Waals surface area contributed by atoms with Gasteiger partial charge in [0.05, 0.1) is 6.07 Å². The van der Waals surface area contributed by atoms with Gasteiger partial charge in [-0.1, -0.05) is 6.92 Å². The smallest absolute Gasteiger partial charge is 0.433 e. The Labute approximate surface area is 112 Å². The van der Waals surface area contributed by atoms with Crippen molar-refractivity contribution in [3.8, 4) is 0 Å². The first-order valence-corrected chi connectivity index (χ1v) is 6.26. The van der Waals surface area contributed by atoms with Crippen LogP contribution in [0.1, 0.15) is 27.4 Å². The van der Waals surface area contributed by atoms with Crippen molar-refractivity contribution in [2.24, 2.45) is 0 Å². The first kappa shape index (κ1) is 13.2. The number of carbonyl (C=O) groups is 1. The molecular weight excluding hydrogens is 272 g/mol. The van der Waals surface area contributed by atoms with Gasteiger partial charge in [0.25, 0.3) is 0 Å². The van der Waals surface area contributed by atoms with Gasteiger partial charge in [-0.3, -0.25) is 10.1 Å². The SMILES string of the molecule is CCc1cnc(COC(=O)c2ccc([N+](=O)[O-])o2)s1. The monoisotopic (exact) mass is 282 g/mol. The number of hydrogen-bond acceptors (Lipinski definition) is 7. The predicted octanol–water partition coefficient (Wildman–Crippen LogP) is 2.56. The minimum Gasteiger partial charge on any atom is -0.452 e. The van der Waals surface area contributed by atoms with Crippen LogP contribution in [0, 0.1) is 10.1 Å². The Morgan fingerprint density at radius 3 is 2.95 bits per heavy atom. The highest BCUT2D eigenvalue weighted by molar-refractivity contribution is 7.11. The average molecular weight is 282 g/mol. The van der Waals surface area contributed by atoms with Crippen LogP contribution in [-0.4, -0.2) is 15.9 Å². The molecule has 0 aromatic carbocycles. The molecule has 0 fully saturated rings. The van der Waals surface area contributed by atoms with Crippen molar-refractivity contribution in [1.82, 2.24) is 4.98 Å². The molecule has 2 rings (SSSR count). The lowest BCUT2D eigenvalue weighted by atomic mass is 10.4. The molecule has 2 aromatic heterocycles. The molecule has 0 bridgehead atoms. The molecule has 0 radical (unpaired) electrons. The van der Waals surface area contributed by atoms with Crippen LogP contribution in [0.3, 0.4) is 0 Å². The maximum absolute atomic E-state index is 11.6. The van der Waals surface area contributed by atoms with E-state index >= 15 is 0 Å². The van der Waals surface area contributed by atoms with Crippen LogP contribution >= 0.6 is 11.3 Å². The summed E-state index contributed by atoms with van der Waals surface area (Å²) in [5, 5.41) is 11.1. The molecule has 0 aliphatic rings. The number of rotatable bonds is 5. The molecule has 0 amide bonds. The third-order valence-electron chi connectivity index (χ3n) is 2.25. The molecule has 0 atom stereocenters. The maximum atomic E-state index is 11.6. The van der Waals surface area contributed by atoms with Crippen LogP contribution in [0.25, 0.3) is 0 Å². The fraction of sp³-hybridized carbons (Fsp3) is 0.273. The Morgan fingerprint density at radius 1 is 1.58 bits per heavy atom. The van der Waals surface area contributed by atoms with Gasteiger partial charge in [-0.05, 0) is 12.5 Å². The zero-order valence-corrected chi connectivity index (χ0v) is 10.8. The first-order chi connectivity index (χ1) is 9.10. The molecule has 2 heterocycles. The number of nitrogens with zero attached hydrogens (tertiary/aromatic N) is 2.